The van der Waals surface area contributed by atoms with E-state index in [9.17, 15) is 4.39 Å². The van der Waals surface area contributed by atoms with Crippen molar-refractivity contribution in [1.29, 1.82) is 0 Å². The topological polar surface area (TPSA) is 38.5 Å². The average Bonchev–Trinajstić information content (AvgIpc) is 2.34. The zero-order valence-corrected chi connectivity index (χ0v) is 11.2. The predicted octanol–water partition coefficient (Wildman–Crippen LogP) is 2.20. The molecule has 1 aromatic rings. The molecule has 1 aromatic carbocycles. The highest BCUT2D eigenvalue weighted by Gasteiger charge is 2.27. The molecule has 100 valence electrons. The highest BCUT2D eigenvalue weighted by atomic mass is 35.5. The molecule has 18 heavy (non-hydrogen) atoms. The molecule has 0 spiro atoms. The van der Waals surface area contributed by atoms with Crippen molar-refractivity contribution in [2.75, 3.05) is 26.2 Å². The van der Waals surface area contributed by atoms with Gasteiger partial charge in [0.05, 0.1) is 18.8 Å². The van der Waals surface area contributed by atoms with Crippen LogP contribution in [0.2, 0.25) is 5.02 Å². The van der Waals surface area contributed by atoms with Gasteiger partial charge in [-0.2, -0.15) is 0 Å². The van der Waals surface area contributed by atoms with Gasteiger partial charge in [-0.05, 0) is 19.1 Å². The second-order valence-corrected chi connectivity index (χ2v) is 4.97. The molecule has 2 rings (SSSR count). The van der Waals surface area contributed by atoms with Gasteiger partial charge in [0.25, 0.3) is 0 Å². The Morgan fingerprint density at radius 2 is 2.39 bits per heavy atom. The van der Waals surface area contributed by atoms with E-state index in [-0.39, 0.29) is 18.0 Å². The van der Waals surface area contributed by atoms with Gasteiger partial charge >= 0.3 is 0 Å². The Bertz CT molecular complexity index is 396. The minimum absolute atomic E-state index is 0.137. The van der Waals surface area contributed by atoms with Crippen LogP contribution >= 0.6 is 11.6 Å². The van der Waals surface area contributed by atoms with Crippen LogP contribution in [-0.2, 0) is 4.74 Å². The smallest absolute Gasteiger partial charge is 0.129 e. The maximum Gasteiger partial charge on any atom is 0.129 e. The van der Waals surface area contributed by atoms with Gasteiger partial charge < -0.3 is 10.5 Å². The van der Waals surface area contributed by atoms with Crippen molar-refractivity contribution in [3.05, 3.63) is 34.6 Å². The fourth-order valence-corrected chi connectivity index (χ4v) is 2.70. The lowest BCUT2D eigenvalue weighted by molar-refractivity contribution is -0.0337. The van der Waals surface area contributed by atoms with Crippen LogP contribution in [0.3, 0.4) is 0 Å². The number of halogens is 2. The molecule has 1 fully saturated rings. The van der Waals surface area contributed by atoms with Gasteiger partial charge in [0.2, 0.25) is 0 Å². The first kappa shape index (κ1) is 13.7. The summed E-state index contributed by atoms with van der Waals surface area (Å²) >= 11 is 6.11. The molecule has 0 unspecified atom stereocenters. The Morgan fingerprint density at radius 3 is 3.00 bits per heavy atom. The van der Waals surface area contributed by atoms with E-state index in [1.807, 2.05) is 6.92 Å². The number of rotatable bonds is 3. The number of nitrogens with two attached hydrogens (primary N) is 1. The van der Waals surface area contributed by atoms with Crippen molar-refractivity contribution in [2.24, 2.45) is 5.73 Å². The molecule has 2 atom stereocenters. The fourth-order valence-electron chi connectivity index (χ4n) is 2.41. The molecule has 2 N–H and O–H groups in total. The Balaban J connectivity index is 2.27. The number of nitrogens with zero attached hydrogens (tertiary/aromatic N) is 1. The molecule has 0 radical (unpaired) electrons. The molecule has 1 aliphatic heterocycles. The first-order valence-corrected chi connectivity index (χ1v) is 6.51. The van der Waals surface area contributed by atoms with E-state index in [4.69, 9.17) is 22.1 Å². The summed E-state index contributed by atoms with van der Waals surface area (Å²) in [5.41, 5.74) is 6.31. The number of morpholine rings is 1. The first-order valence-electron chi connectivity index (χ1n) is 6.13. The third kappa shape index (κ3) is 2.83. The monoisotopic (exact) mass is 272 g/mol. The van der Waals surface area contributed by atoms with Gasteiger partial charge in [0, 0.05) is 30.2 Å². The van der Waals surface area contributed by atoms with Gasteiger partial charge in [-0.25, -0.2) is 4.39 Å². The molecule has 0 saturated carbocycles. The standard InChI is InChI=1S/C13H18ClFN2O/c1-9-8-17(5-6-18-9)12(7-16)13-10(14)3-2-4-11(13)15/h2-4,9,12H,5-8,16H2,1H3/t9-,12+/m1/s1. The molecule has 0 aromatic heterocycles. The summed E-state index contributed by atoms with van der Waals surface area (Å²) in [7, 11) is 0. The second-order valence-electron chi connectivity index (χ2n) is 4.56. The van der Waals surface area contributed by atoms with E-state index in [1.54, 1.807) is 12.1 Å². The molecule has 1 aliphatic rings. The van der Waals surface area contributed by atoms with Gasteiger partial charge in [-0.1, -0.05) is 17.7 Å². The highest BCUT2D eigenvalue weighted by molar-refractivity contribution is 6.31. The largest absolute Gasteiger partial charge is 0.376 e. The predicted molar refractivity (Wildman–Crippen MR) is 70.2 cm³/mol. The first-order chi connectivity index (χ1) is 8.63. The van der Waals surface area contributed by atoms with Crippen molar-refractivity contribution in [3.63, 3.8) is 0 Å². The minimum Gasteiger partial charge on any atom is -0.376 e. The van der Waals surface area contributed by atoms with Crippen LogP contribution in [0, 0.1) is 5.82 Å². The van der Waals surface area contributed by atoms with Crippen LogP contribution < -0.4 is 5.73 Å². The van der Waals surface area contributed by atoms with E-state index in [2.05, 4.69) is 4.90 Å². The number of hydrogen-bond acceptors (Lipinski definition) is 3. The lowest BCUT2D eigenvalue weighted by Gasteiger charge is -2.37. The average molecular weight is 273 g/mol. The van der Waals surface area contributed by atoms with E-state index in [1.165, 1.54) is 6.07 Å². The molecule has 0 aliphatic carbocycles. The van der Waals surface area contributed by atoms with Crippen LogP contribution in [0.25, 0.3) is 0 Å². The van der Waals surface area contributed by atoms with Crippen LogP contribution in [0.4, 0.5) is 4.39 Å². The minimum atomic E-state index is -0.294. The molecule has 0 amide bonds. The van der Waals surface area contributed by atoms with Gasteiger partial charge in [0.15, 0.2) is 0 Å². The number of benzene rings is 1. The van der Waals surface area contributed by atoms with Crippen LogP contribution in [-0.4, -0.2) is 37.2 Å². The van der Waals surface area contributed by atoms with Crippen LogP contribution in [0.15, 0.2) is 18.2 Å². The maximum absolute atomic E-state index is 13.9. The molecule has 1 saturated heterocycles. The zero-order chi connectivity index (χ0) is 13.1. The van der Waals surface area contributed by atoms with Crippen molar-refractivity contribution >= 4 is 11.6 Å². The molecular weight excluding hydrogens is 255 g/mol. The summed E-state index contributed by atoms with van der Waals surface area (Å²) in [4.78, 5) is 2.14. The summed E-state index contributed by atoms with van der Waals surface area (Å²) in [5.74, 6) is -0.294. The third-order valence-electron chi connectivity index (χ3n) is 3.27. The van der Waals surface area contributed by atoms with E-state index >= 15 is 0 Å². The highest BCUT2D eigenvalue weighted by Crippen LogP contribution is 2.30. The van der Waals surface area contributed by atoms with Crippen LogP contribution in [0.1, 0.15) is 18.5 Å². The molecule has 0 bridgehead atoms. The van der Waals surface area contributed by atoms with Crippen LogP contribution in [0.5, 0.6) is 0 Å². The van der Waals surface area contributed by atoms with Crippen molar-refractivity contribution < 1.29 is 9.13 Å². The Hall–Kier alpha value is -0.680. The maximum atomic E-state index is 13.9. The van der Waals surface area contributed by atoms with Gasteiger partial charge in [-0.3, -0.25) is 4.90 Å². The second kappa shape index (κ2) is 5.97. The SMILES string of the molecule is C[C@@H]1CN([C@@H](CN)c2c(F)cccc2Cl)CCO1. The Labute approximate surface area is 112 Å². The molecule has 5 heteroatoms. The lowest BCUT2D eigenvalue weighted by Crippen LogP contribution is -2.45. The molecule has 3 nitrogen and oxygen atoms in total. The van der Waals surface area contributed by atoms with Gasteiger partial charge in [0.1, 0.15) is 5.82 Å². The van der Waals surface area contributed by atoms with Crippen molar-refractivity contribution in [1.82, 2.24) is 4.90 Å². The summed E-state index contributed by atoms with van der Waals surface area (Å²) in [6, 6.07) is 4.54. The van der Waals surface area contributed by atoms with E-state index < -0.39 is 0 Å². The van der Waals surface area contributed by atoms with E-state index in [0.29, 0.717) is 23.7 Å². The van der Waals surface area contributed by atoms with Crippen molar-refractivity contribution in [2.45, 2.75) is 19.1 Å². The fraction of sp³-hybridized carbons (Fsp3) is 0.538. The summed E-state index contributed by atoms with van der Waals surface area (Å²) in [5, 5.41) is 0.435. The quantitative estimate of drug-likeness (QED) is 0.917. The summed E-state index contributed by atoms with van der Waals surface area (Å²) in [6.45, 7) is 4.48. The lowest BCUT2D eigenvalue weighted by atomic mass is 10.0. The zero-order valence-electron chi connectivity index (χ0n) is 10.4. The molecule has 1 heterocycles. The van der Waals surface area contributed by atoms with Gasteiger partial charge in [-0.15, -0.1) is 0 Å². The number of hydrogen-bond donors (Lipinski definition) is 1. The Kier molecular flexibility index (Phi) is 4.56. The third-order valence-corrected chi connectivity index (χ3v) is 3.60. The summed E-state index contributed by atoms with van der Waals surface area (Å²) in [6.07, 6.45) is 0.137. The summed E-state index contributed by atoms with van der Waals surface area (Å²) < 4.78 is 19.4. The normalized spacial score (nSPS) is 23.0. The number of ether oxygens (including phenoxy) is 1. The Morgan fingerprint density at radius 1 is 1.61 bits per heavy atom. The van der Waals surface area contributed by atoms with E-state index in [0.717, 1.165) is 13.1 Å². The van der Waals surface area contributed by atoms with Crippen molar-refractivity contribution in [3.8, 4) is 0 Å². The molecular formula is C13H18ClFN2O.